The van der Waals surface area contributed by atoms with Crippen LogP contribution >= 0.6 is 0 Å². The maximum Gasteiger partial charge on any atom is 0.306 e. The molecule has 0 spiro atoms. The molecule has 0 aromatic heterocycles. The molecule has 342 valence electrons. The second kappa shape index (κ2) is 46.6. The number of amides is 1. The maximum absolute atomic E-state index is 13.2. The molecule has 0 aliphatic rings. The average molecular weight is 826 g/mol. The number of aliphatic hydroxyl groups is 2. The number of rotatable bonds is 44. The van der Waals surface area contributed by atoms with Crippen molar-refractivity contribution in [3.8, 4) is 0 Å². The van der Waals surface area contributed by atoms with E-state index in [9.17, 15) is 19.8 Å². The van der Waals surface area contributed by atoms with Crippen molar-refractivity contribution in [2.75, 3.05) is 6.61 Å². The quantitative estimate of drug-likeness (QED) is 0.0246. The fraction of sp³-hybridized carbons (Fsp3) is 0.774. The Kier molecular flexibility index (Phi) is 44.7. The number of hydrogen-bond donors (Lipinski definition) is 3. The molecule has 0 bridgehead atoms. The molecule has 6 nitrogen and oxygen atoms in total. The van der Waals surface area contributed by atoms with Gasteiger partial charge in [-0.2, -0.15) is 0 Å². The highest BCUT2D eigenvalue weighted by Crippen LogP contribution is 2.17. The van der Waals surface area contributed by atoms with Gasteiger partial charge in [-0.1, -0.05) is 223 Å². The van der Waals surface area contributed by atoms with Gasteiger partial charge in [0.1, 0.15) is 6.10 Å². The Morgan fingerprint density at radius 3 is 1.49 bits per heavy atom. The standard InChI is InChI=1S/C53H95NO5/c1-4-7-10-13-16-19-22-24-25-26-27-28-30-33-36-39-42-45-51(56)50(48-55)54-52(57)47-49(44-41-38-35-32-29-21-18-15-12-9-6-3)59-53(58)46-43-40-37-34-31-23-20-17-14-11-8-5-2/h9,12,15,17-18,20-21,29,32,35,49-51,55-56H,4-8,10-11,13-14,16,19,22-28,30-31,33-34,36-48H2,1-3H3,(H,54,57)/b12-9+,18-15+,20-17-,29-21-,35-32-. The number of ether oxygens (including phenoxy) is 1. The van der Waals surface area contributed by atoms with E-state index in [4.69, 9.17) is 4.74 Å². The van der Waals surface area contributed by atoms with Crippen molar-refractivity contribution >= 4 is 11.9 Å². The number of carbonyl (C=O) groups is 2. The summed E-state index contributed by atoms with van der Waals surface area (Å²) in [5.41, 5.74) is 0. The van der Waals surface area contributed by atoms with Crippen LogP contribution in [0.5, 0.6) is 0 Å². The summed E-state index contributed by atoms with van der Waals surface area (Å²) < 4.78 is 5.87. The lowest BCUT2D eigenvalue weighted by Gasteiger charge is -2.24. The highest BCUT2D eigenvalue weighted by molar-refractivity contribution is 5.77. The Morgan fingerprint density at radius 2 is 0.949 bits per heavy atom. The number of aliphatic hydroxyl groups excluding tert-OH is 2. The number of carbonyl (C=O) groups excluding carboxylic acids is 2. The molecule has 0 aromatic carbocycles. The molecule has 1 amide bonds. The third-order valence-electron chi connectivity index (χ3n) is 11.2. The maximum atomic E-state index is 13.2. The zero-order chi connectivity index (χ0) is 43.1. The zero-order valence-electron chi connectivity index (χ0n) is 38.9. The highest BCUT2D eigenvalue weighted by Gasteiger charge is 2.24. The summed E-state index contributed by atoms with van der Waals surface area (Å²) in [6, 6.07) is -0.724. The summed E-state index contributed by atoms with van der Waals surface area (Å²) in [5, 5.41) is 23.7. The first-order chi connectivity index (χ1) is 29.0. The summed E-state index contributed by atoms with van der Waals surface area (Å²) in [6.07, 6.45) is 57.2. The Hall–Kier alpha value is -2.44. The van der Waals surface area contributed by atoms with Crippen LogP contribution in [0.15, 0.2) is 60.8 Å². The Morgan fingerprint density at radius 1 is 0.508 bits per heavy atom. The van der Waals surface area contributed by atoms with Crippen molar-refractivity contribution < 1.29 is 24.5 Å². The fourth-order valence-corrected chi connectivity index (χ4v) is 7.38. The van der Waals surface area contributed by atoms with Gasteiger partial charge in [0.2, 0.25) is 5.91 Å². The van der Waals surface area contributed by atoms with Gasteiger partial charge in [0.25, 0.3) is 0 Å². The van der Waals surface area contributed by atoms with E-state index in [1.54, 1.807) is 0 Å². The third kappa shape index (κ3) is 42.1. The lowest BCUT2D eigenvalue weighted by molar-refractivity contribution is -0.151. The Balaban J connectivity index is 4.55. The van der Waals surface area contributed by atoms with E-state index >= 15 is 0 Å². The van der Waals surface area contributed by atoms with Gasteiger partial charge in [0.05, 0.1) is 25.2 Å². The molecule has 6 heteroatoms. The van der Waals surface area contributed by atoms with Crippen LogP contribution in [0.25, 0.3) is 0 Å². The van der Waals surface area contributed by atoms with Gasteiger partial charge in [-0.15, -0.1) is 0 Å². The molecule has 3 unspecified atom stereocenters. The summed E-state index contributed by atoms with van der Waals surface area (Å²) >= 11 is 0. The van der Waals surface area contributed by atoms with Crippen molar-refractivity contribution in [3.63, 3.8) is 0 Å². The summed E-state index contributed by atoms with van der Waals surface area (Å²) in [7, 11) is 0. The van der Waals surface area contributed by atoms with Crippen LogP contribution in [-0.4, -0.2) is 46.9 Å². The molecule has 0 saturated carbocycles. The number of nitrogens with one attached hydrogen (secondary N) is 1. The number of allylic oxidation sites excluding steroid dienone is 10. The number of unbranched alkanes of at least 4 members (excludes halogenated alkanes) is 25. The predicted molar refractivity (Wildman–Crippen MR) is 255 cm³/mol. The van der Waals surface area contributed by atoms with Crippen LogP contribution in [0.4, 0.5) is 0 Å². The molecule has 0 aromatic rings. The minimum atomic E-state index is -0.807. The van der Waals surface area contributed by atoms with E-state index in [2.05, 4.69) is 50.4 Å². The number of hydrogen-bond acceptors (Lipinski definition) is 5. The predicted octanol–water partition coefficient (Wildman–Crippen LogP) is 14.8. The first kappa shape index (κ1) is 56.6. The molecule has 0 aliphatic carbocycles. The van der Waals surface area contributed by atoms with Gasteiger partial charge in [0, 0.05) is 6.42 Å². The van der Waals surface area contributed by atoms with E-state index in [0.717, 1.165) is 64.2 Å². The average Bonchev–Trinajstić information content (AvgIpc) is 3.23. The molecule has 0 rings (SSSR count). The Labute approximate surface area is 365 Å². The van der Waals surface area contributed by atoms with Gasteiger partial charge in [-0.25, -0.2) is 0 Å². The lowest BCUT2D eigenvalue weighted by atomic mass is 10.0. The monoisotopic (exact) mass is 826 g/mol. The van der Waals surface area contributed by atoms with Gasteiger partial charge < -0.3 is 20.3 Å². The lowest BCUT2D eigenvalue weighted by Crippen LogP contribution is -2.46. The molecule has 3 atom stereocenters. The summed E-state index contributed by atoms with van der Waals surface area (Å²) in [4.78, 5) is 26.0. The van der Waals surface area contributed by atoms with E-state index < -0.39 is 18.2 Å². The second-order valence-corrected chi connectivity index (χ2v) is 16.9. The molecule has 0 fully saturated rings. The SMILES string of the molecule is CC/C=C/C=C/C=C\C=C/CCCC(CC(=O)NC(CO)C(O)CCCCCCCCCCCCCCCCCCC)OC(=O)CCCCCCC/C=C\CCCCC. The van der Waals surface area contributed by atoms with Gasteiger partial charge in [-0.05, 0) is 64.2 Å². The molecule has 3 N–H and O–H groups in total. The molecule has 0 radical (unpaired) electrons. The molecule has 0 heterocycles. The number of esters is 1. The fourth-order valence-electron chi connectivity index (χ4n) is 7.38. The van der Waals surface area contributed by atoms with Crippen molar-refractivity contribution in [2.24, 2.45) is 0 Å². The van der Waals surface area contributed by atoms with Gasteiger partial charge in [-0.3, -0.25) is 9.59 Å². The molecular formula is C53H95NO5. The van der Waals surface area contributed by atoms with Gasteiger partial charge in [0.15, 0.2) is 0 Å². The van der Waals surface area contributed by atoms with E-state index in [-0.39, 0.29) is 24.9 Å². The van der Waals surface area contributed by atoms with Crippen molar-refractivity contribution in [1.29, 1.82) is 0 Å². The topological polar surface area (TPSA) is 95.9 Å². The van der Waals surface area contributed by atoms with Crippen molar-refractivity contribution in [1.82, 2.24) is 5.32 Å². The normalized spacial score (nSPS) is 13.8. The van der Waals surface area contributed by atoms with E-state index in [0.29, 0.717) is 19.3 Å². The second-order valence-electron chi connectivity index (χ2n) is 16.9. The Bertz CT molecular complexity index is 1060. The van der Waals surface area contributed by atoms with E-state index in [1.165, 1.54) is 128 Å². The third-order valence-corrected chi connectivity index (χ3v) is 11.2. The van der Waals surface area contributed by atoms with Crippen LogP contribution in [-0.2, 0) is 14.3 Å². The van der Waals surface area contributed by atoms with E-state index in [1.807, 2.05) is 36.5 Å². The minimum absolute atomic E-state index is 0.0275. The van der Waals surface area contributed by atoms with Crippen LogP contribution < -0.4 is 5.32 Å². The highest BCUT2D eigenvalue weighted by atomic mass is 16.5. The molecule has 59 heavy (non-hydrogen) atoms. The van der Waals surface area contributed by atoms with Crippen molar-refractivity contribution in [3.05, 3.63) is 60.8 Å². The smallest absolute Gasteiger partial charge is 0.306 e. The summed E-state index contributed by atoms with van der Waals surface area (Å²) in [6.45, 7) is 6.30. The van der Waals surface area contributed by atoms with Crippen LogP contribution in [0.3, 0.4) is 0 Å². The summed E-state index contributed by atoms with van der Waals surface area (Å²) in [5.74, 6) is -0.553. The first-order valence-electron chi connectivity index (χ1n) is 25.1. The van der Waals surface area contributed by atoms with Gasteiger partial charge >= 0.3 is 5.97 Å². The first-order valence-corrected chi connectivity index (χ1v) is 25.1. The largest absolute Gasteiger partial charge is 0.462 e. The van der Waals surface area contributed by atoms with Crippen LogP contribution in [0.2, 0.25) is 0 Å². The van der Waals surface area contributed by atoms with Crippen molar-refractivity contribution in [2.45, 2.75) is 257 Å². The zero-order valence-corrected chi connectivity index (χ0v) is 38.9. The molecule has 0 aliphatic heterocycles. The van der Waals surface area contributed by atoms with Crippen LogP contribution in [0.1, 0.15) is 239 Å². The van der Waals surface area contributed by atoms with Crippen LogP contribution in [0, 0.1) is 0 Å². The molecule has 0 saturated heterocycles. The minimum Gasteiger partial charge on any atom is -0.462 e. The molecular weight excluding hydrogens is 731 g/mol.